The fourth-order valence-electron chi connectivity index (χ4n) is 2.49. The normalized spacial score (nSPS) is 20.1. The van der Waals surface area contributed by atoms with E-state index in [-0.39, 0.29) is 5.91 Å². The Morgan fingerprint density at radius 3 is 3.00 bits per heavy atom. The maximum atomic E-state index is 11.4. The number of β-amino-alcohol motifs (C(OH)–C–C–N with tert-alkyl or cyclic N) is 1. The van der Waals surface area contributed by atoms with E-state index in [9.17, 15) is 9.90 Å². The molecular formula is C14H18N4O4. The van der Waals surface area contributed by atoms with E-state index in [1.165, 1.54) is 6.92 Å². The molecule has 1 aliphatic rings. The maximum Gasteiger partial charge on any atom is 0.283 e. The van der Waals surface area contributed by atoms with Gasteiger partial charge in [0, 0.05) is 33.1 Å². The van der Waals surface area contributed by atoms with E-state index in [4.69, 9.17) is 8.83 Å². The first-order chi connectivity index (χ1) is 10.6. The number of carbonyl (C=O) groups is 1. The Kier molecular flexibility index (Phi) is 4.21. The highest BCUT2D eigenvalue weighted by Crippen LogP contribution is 2.18. The fourth-order valence-corrected chi connectivity index (χ4v) is 2.49. The van der Waals surface area contributed by atoms with E-state index in [0.717, 1.165) is 0 Å². The highest BCUT2D eigenvalue weighted by Gasteiger charge is 2.24. The summed E-state index contributed by atoms with van der Waals surface area (Å²) in [7, 11) is 0. The topological polar surface area (TPSA) is 95.8 Å². The summed E-state index contributed by atoms with van der Waals surface area (Å²) in [6.45, 7) is 3.97. The molecule has 3 rings (SSSR count). The maximum absolute atomic E-state index is 11.4. The SMILES string of the molecule is CC(=O)N1CCN(Cc2nnc(-c3ccco3)o2)C[C@H](O)C1. The van der Waals surface area contributed by atoms with Crippen LogP contribution in [0.3, 0.4) is 0 Å². The zero-order chi connectivity index (χ0) is 15.5. The van der Waals surface area contributed by atoms with E-state index in [1.807, 2.05) is 4.90 Å². The first kappa shape index (κ1) is 14.7. The predicted octanol–water partition coefficient (Wildman–Crippen LogP) is 0.355. The number of nitrogens with zero attached hydrogens (tertiary/aromatic N) is 4. The van der Waals surface area contributed by atoms with Gasteiger partial charge in [0.1, 0.15) is 0 Å². The van der Waals surface area contributed by atoms with Crippen LogP contribution >= 0.6 is 0 Å². The molecule has 0 saturated carbocycles. The largest absolute Gasteiger partial charge is 0.459 e. The van der Waals surface area contributed by atoms with Gasteiger partial charge in [0.15, 0.2) is 5.76 Å². The molecule has 2 aromatic heterocycles. The van der Waals surface area contributed by atoms with Crippen LogP contribution in [0.2, 0.25) is 0 Å². The zero-order valence-electron chi connectivity index (χ0n) is 12.3. The molecule has 0 spiro atoms. The standard InChI is InChI=1S/C14H18N4O4/c1-10(19)18-5-4-17(7-11(20)8-18)9-13-15-16-14(22-13)12-3-2-6-21-12/h2-3,6,11,20H,4-5,7-9H2,1H3/t11-/m0/s1. The Morgan fingerprint density at radius 2 is 2.27 bits per heavy atom. The molecule has 1 N–H and O–H groups in total. The number of furan rings is 1. The van der Waals surface area contributed by atoms with Gasteiger partial charge in [0.05, 0.1) is 18.9 Å². The molecular weight excluding hydrogens is 288 g/mol. The third kappa shape index (κ3) is 3.34. The van der Waals surface area contributed by atoms with Crippen LogP contribution in [0.15, 0.2) is 27.2 Å². The second-order valence-corrected chi connectivity index (χ2v) is 5.33. The lowest BCUT2D eigenvalue weighted by Crippen LogP contribution is -2.36. The van der Waals surface area contributed by atoms with Crippen LogP contribution in [-0.2, 0) is 11.3 Å². The van der Waals surface area contributed by atoms with Crippen LogP contribution in [0.1, 0.15) is 12.8 Å². The summed E-state index contributed by atoms with van der Waals surface area (Å²) in [5.74, 6) is 1.28. The molecule has 0 aromatic carbocycles. The summed E-state index contributed by atoms with van der Waals surface area (Å²) >= 11 is 0. The van der Waals surface area contributed by atoms with Gasteiger partial charge in [-0.05, 0) is 12.1 Å². The Balaban J connectivity index is 1.64. The van der Waals surface area contributed by atoms with Gasteiger partial charge in [-0.2, -0.15) is 0 Å². The molecule has 1 saturated heterocycles. The lowest BCUT2D eigenvalue weighted by atomic mass is 10.3. The van der Waals surface area contributed by atoms with Gasteiger partial charge in [-0.1, -0.05) is 0 Å². The molecule has 8 nitrogen and oxygen atoms in total. The van der Waals surface area contributed by atoms with Crippen LogP contribution in [-0.4, -0.2) is 63.3 Å². The number of amides is 1. The van der Waals surface area contributed by atoms with Crippen molar-refractivity contribution >= 4 is 5.91 Å². The van der Waals surface area contributed by atoms with E-state index in [2.05, 4.69) is 10.2 Å². The van der Waals surface area contributed by atoms with Crippen molar-refractivity contribution in [3.8, 4) is 11.7 Å². The van der Waals surface area contributed by atoms with Crippen molar-refractivity contribution < 1.29 is 18.7 Å². The molecule has 8 heteroatoms. The van der Waals surface area contributed by atoms with Crippen molar-refractivity contribution in [3.05, 3.63) is 24.3 Å². The van der Waals surface area contributed by atoms with Crippen LogP contribution in [0.5, 0.6) is 0 Å². The number of hydrogen-bond acceptors (Lipinski definition) is 7. The molecule has 22 heavy (non-hydrogen) atoms. The highest BCUT2D eigenvalue weighted by atomic mass is 16.4. The summed E-state index contributed by atoms with van der Waals surface area (Å²) < 4.78 is 10.8. The summed E-state index contributed by atoms with van der Waals surface area (Å²) in [5, 5.41) is 17.9. The number of aliphatic hydroxyl groups is 1. The third-order valence-electron chi connectivity index (χ3n) is 3.59. The average molecular weight is 306 g/mol. The molecule has 1 aliphatic heterocycles. The monoisotopic (exact) mass is 306 g/mol. The lowest BCUT2D eigenvalue weighted by molar-refractivity contribution is -0.129. The van der Waals surface area contributed by atoms with Crippen LogP contribution < -0.4 is 0 Å². The molecule has 0 unspecified atom stereocenters. The first-order valence-electron chi connectivity index (χ1n) is 7.14. The van der Waals surface area contributed by atoms with Crippen LogP contribution in [0.25, 0.3) is 11.7 Å². The van der Waals surface area contributed by atoms with E-state index in [0.29, 0.717) is 50.3 Å². The van der Waals surface area contributed by atoms with Gasteiger partial charge < -0.3 is 18.8 Å². The fraction of sp³-hybridized carbons (Fsp3) is 0.500. The molecule has 0 aliphatic carbocycles. The molecule has 1 fully saturated rings. The first-order valence-corrected chi connectivity index (χ1v) is 7.14. The molecule has 2 aromatic rings. The van der Waals surface area contributed by atoms with Gasteiger partial charge >= 0.3 is 0 Å². The lowest BCUT2D eigenvalue weighted by Gasteiger charge is -2.19. The molecule has 118 valence electrons. The van der Waals surface area contributed by atoms with Gasteiger partial charge in [-0.15, -0.1) is 10.2 Å². The minimum atomic E-state index is -0.584. The van der Waals surface area contributed by atoms with Crippen LogP contribution in [0.4, 0.5) is 0 Å². The number of carbonyl (C=O) groups excluding carboxylic acids is 1. The van der Waals surface area contributed by atoms with Crippen molar-refractivity contribution in [2.75, 3.05) is 26.2 Å². The summed E-state index contributed by atoms with van der Waals surface area (Å²) in [5.41, 5.74) is 0. The number of aliphatic hydroxyl groups excluding tert-OH is 1. The molecule has 3 heterocycles. The quantitative estimate of drug-likeness (QED) is 0.874. The van der Waals surface area contributed by atoms with Gasteiger partial charge in [-0.25, -0.2) is 0 Å². The van der Waals surface area contributed by atoms with Crippen molar-refractivity contribution in [2.45, 2.75) is 19.6 Å². The smallest absolute Gasteiger partial charge is 0.283 e. The van der Waals surface area contributed by atoms with Gasteiger partial charge in [0.25, 0.3) is 5.89 Å². The van der Waals surface area contributed by atoms with Gasteiger partial charge in [0.2, 0.25) is 11.8 Å². The summed E-state index contributed by atoms with van der Waals surface area (Å²) in [6, 6.07) is 3.50. The third-order valence-corrected chi connectivity index (χ3v) is 3.59. The number of rotatable bonds is 3. The minimum absolute atomic E-state index is 0.0289. The Morgan fingerprint density at radius 1 is 1.41 bits per heavy atom. The number of hydrogen-bond donors (Lipinski definition) is 1. The summed E-state index contributed by atoms with van der Waals surface area (Å²) in [6.07, 6.45) is 0.958. The minimum Gasteiger partial charge on any atom is -0.459 e. The molecule has 0 radical (unpaired) electrons. The van der Waals surface area contributed by atoms with Crippen LogP contribution in [0, 0.1) is 0 Å². The van der Waals surface area contributed by atoms with Crippen molar-refractivity contribution in [3.63, 3.8) is 0 Å². The zero-order valence-corrected chi connectivity index (χ0v) is 12.3. The second kappa shape index (κ2) is 6.29. The van der Waals surface area contributed by atoms with Crippen molar-refractivity contribution in [1.82, 2.24) is 20.0 Å². The molecule has 1 amide bonds. The Hall–Kier alpha value is -2.19. The number of aromatic nitrogens is 2. The molecule has 1 atom stereocenters. The Bertz CT molecular complexity index is 625. The van der Waals surface area contributed by atoms with Crippen molar-refractivity contribution in [1.29, 1.82) is 0 Å². The molecule has 0 bridgehead atoms. The van der Waals surface area contributed by atoms with E-state index < -0.39 is 6.10 Å². The summed E-state index contributed by atoms with van der Waals surface area (Å²) in [4.78, 5) is 15.1. The van der Waals surface area contributed by atoms with E-state index in [1.54, 1.807) is 23.3 Å². The van der Waals surface area contributed by atoms with Gasteiger partial charge in [-0.3, -0.25) is 9.69 Å². The van der Waals surface area contributed by atoms with Crippen molar-refractivity contribution in [2.24, 2.45) is 0 Å². The predicted molar refractivity (Wildman–Crippen MR) is 75.5 cm³/mol. The second-order valence-electron chi connectivity index (χ2n) is 5.33. The Labute approximate surface area is 127 Å². The average Bonchev–Trinajstić information content (AvgIpc) is 3.10. The van der Waals surface area contributed by atoms with E-state index >= 15 is 0 Å². The highest BCUT2D eigenvalue weighted by molar-refractivity contribution is 5.73.